The van der Waals surface area contributed by atoms with Crippen LogP contribution in [0.3, 0.4) is 0 Å². The molecule has 156 valence electrons. The number of carbonyl (C=O) groups is 3. The van der Waals surface area contributed by atoms with Crippen molar-refractivity contribution in [1.82, 2.24) is 0 Å². The van der Waals surface area contributed by atoms with Crippen LogP contribution in [0.25, 0.3) is 0 Å². The standard InChI is InChI=1S/C25H21NO5/c1-15-4-13-23-22(14-15)25(24(29)26-23,18-5-9-20(10-6-18)30-16(2)27)19-7-11-21(12-8-19)31-17(3)28/h4-14H,1-3H3,(H,26,29). The van der Waals surface area contributed by atoms with Gasteiger partial charge < -0.3 is 14.8 Å². The molecule has 1 amide bonds. The van der Waals surface area contributed by atoms with Gasteiger partial charge in [-0.3, -0.25) is 14.4 Å². The van der Waals surface area contributed by atoms with Gasteiger partial charge in [0.2, 0.25) is 5.91 Å². The topological polar surface area (TPSA) is 81.7 Å². The molecular weight excluding hydrogens is 394 g/mol. The Morgan fingerprint density at radius 3 is 1.71 bits per heavy atom. The number of rotatable bonds is 4. The van der Waals surface area contributed by atoms with Crippen LogP contribution in [-0.4, -0.2) is 17.8 Å². The number of amides is 1. The van der Waals surface area contributed by atoms with E-state index in [0.29, 0.717) is 11.5 Å². The zero-order chi connectivity index (χ0) is 22.2. The van der Waals surface area contributed by atoms with Gasteiger partial charge in [0.15, 0.2) is 0 Å². The maximum Gasteiger partial charge on any atom is 0.308 e. The highest BCUT2D eigenvalue weighted by atomic mass is 16.5. The number of fused-ring (bicyclic) bond motifs is 1. The molecule has 6 heteroatoms. The van der Waals surface area contributed by atoms with Gasteiger partial charge in [0, 0.05) is 25.1 Å². The van der Waals surface area contributed by atoms with E-state index in [1.165, 1.54) is 13.8 Å². The van der Waals surface area contributed by atoms with Gasteiger partial charge in [-0.2, -0.15) is 0 Å². The quantitative estimate of drug-likeness (QED) is 0.512. The van der Waals surface area contributed by atoms with Crippen LogP contribution >= 0.6 is 0 Å². The summed E-state index contributed by atoms with van der Waals surface area (Å²) in [5.41, 5.74) is 2.94. The third-order valence-corrected chi connectivity index (χ3v) is 5.27. The van der Waals surface area contributed by atoms with Gasteiger partial charge in [0.25, 0.3) is 0 Å². The van der Waals surface area contributed by atoms with Crippen molar-refractivity contribution in [3.8, 4) is 11.5 Å². The first-order valence-electron chi connectivity index (χ1n) is 9.81. The van der Waals surface area contributed by atoms with Crippen LogP contribution < -0.4 is 14.8 Å². The van der Waals surface area contributed by atoms with Crippen LogP contribution in [0.1, 0.15) is 36.1 Å². The van der Waals surface area contributed by atoms with Gasteiger partial charge in [-0.05, 0) is 48.4 Å². The van der Waals surface area contributed by atoms with Gasteiger partial charge in [0.05, 0.1) is 0 Å². The van der Waals surface area contributed by atoms with E-state index in [1.807, 2.05) is 25.1 Å². The average molecular weight is 415 g/mol. The van der Waals surface area contributed by atoms with Gasteiger partial charge in [-0.25, -0.2) is 0 Å². The first-order valence-corrected chi connectivity index (χ1v) is 9.81. The highest BCUT2D eigenvalue weighted by molar-refractivity contribution is 6.11. The fourth-order valence-corrected chi connectivity index (χ4v) is 4.03. The summed E-state index contributed by atoms with van der Waals surface area (Å²) in [4.78, 5) is 36.1. The van der Waals surface area contributed by atoms with Crippen LogP contribution in [-0.2, 0) is 19.8 Å². The fourth-order valence-electron chi connectivity index (χ4n) is 4.03. The predicted octanol–water partition coefficient (Wildman–Crippen LogP) is 4.13. The van der Waals surface area contributed by atoms with Crippen molar-refractivity contribution in [2.24, 2.45) is 0 Å². The number of esters is 2. The van der Waals surface area contributed by atoms with Crippen molar-refractivity contribution in [1.29, 1.82) is 0 Å². The molecule has 0 spiro atoms. The summed E-state index contributed by atoms with van der Waals surface area (Å²) in [6.07, 6.45) is 0. The molecule has 1 heterocycles. The Labute approximate surface area is 179 Å². The number of carbonyl (C=O) groups excluding carboxylic acids is 3. The highest BCUT2D eigenvalue weighted by Gasteiger charge is 2.49. The molecule has 0 aliphatic carbocycles. The van der Waals surface area contributed by atoms with Crippen molar-refractivity contribution in [3.05, 3.63) is 89.0 Å². The van der Waals surface area contributed by atoms with Crippen molar-refractivity contribution in [2.75, 3.05) is 5.32 Å². The first-order chi connectivity index (χ1) is 14.8. The summed E-state index contributed by atoms with van der Waals surface area (Å²) < 4.78 is 10.3. The Bertz CT molecular complexity index is 1120. The number of aryl methyl sites for hydroxylation is 1. The largest absolute Gasteiger partial charge is 0.427 e. The normalized spacial score (nSPS) is 13.8. The Balaban J connectivity index is 1.91. The second kappa shape index (κ2) is 7.72. The number of ether oxygens (including phenoxy) is 2. The lowest BCUT2D eigenvalue weighted by molar-refractivity contribution is -0.132. The van der Waals surface area contributed by atoms with Crippen molar-refractivity contribution >= 4 is 23.5 Å². The third-order valence-electron chi connectivity index (χ3n) is 5.27. The molecule has 0 aromatic heterocycles. The number of anilines is 1. The van der Waals surface area contributed by atoms with Crippen molar-refractivity contribution < 1.29 is 23.9 Å². The van der Waals surface area contributed by atoms with Crippen LogP contribution in [0.5, 0.6) is 11.5 Å². The molecule has 0 bridgehead atoms. The van der Waals surface area contributed by atoms with Gasteiger partial charge in [0.1, 0.15) is 16.9 Å². The lowest BCUT2D eigenvalue weighted by Gasteiger charge is -2.29. The van der Waals surface area contributed by atoms with E-state index in [0.717, 1.165) is 27.9 Å². The molecule has 0 atom stereocenters. The minimum absolute atomic E-state index is 0.187. The van der Waals surface area contributed by atoms with Gasteiger partial charge in [-0.1, -0.05) is 42.0 Å². The minimum atomic E-state index is -1.11. The first kappa shape index (κ1) is 20.3. The maximum absolute atomic E-state index is 13.5. The Morgan fingerprint density at radius 1 is 0.774 bits per heavy atom. The van der Waals surface area contributed by atoms with E-state index in [9.17, 15) is 14.4 Å². The van der Waals surface area contributed by atoms with Crippen LogP contribution in [0.15, 0.2) is 66.7 Å². The van der Waals surface area contributed by atoms with E-state index < -0.39 is 17.4 Å². The fraction of sp³-hybridized carbons (Fsp3) is 0.160. The summed E-state index contributed by atoms with van der Waals surface area (Å²) in [5, 5.41) is 3.00. The molecule has 3 aromatic rings. The SMILES string of the molecule is CC(=O)Oc1ccc(C2(c3ccc(OC(C)=O)cc3)C(=O)Nc3ccc(C)cc32)cc1. The number of nitrogens with one attached hydrogen (secondary N) is 1. The molecular formula is C25H21NO5. The lowest BCUT2D eigenvalue weighted by atomic mass is 9.70. The number of hydrogen-bond acceptors (Lipinski definition) is 5. The van der Waals surface area contributed by atoms with E-state index >= 15 is 0 Å². The van der Waals surface area contributed by atoms with Crippen LogP contribution in [0.4, 0.5) is 5.69 Å². The monoisotopic (exact) mass is 415 g/mol. The van der Waals surface area contributed by atoms with Crippen LogP contribution in [0.2, 0.25) is 0 Å². The highest BCUT2D eigenvalue weighted by Crippen LogP contribution is 2.48. The van der Waals surface area contributed by atoms with Crippen LogP contribution in [0, 0.1) is 6.92 Å². The number of hydrogen-bond donors (Lipinski definition) is 1. The summed E-state index contributed by atoms with van der Waals surface area (Å²) in [7, 11) is 0. The van der Waals surface area contributed by atoms with E-state index in [4.69, 9.17) is 9.47 Å². The third kappa shape index (κ3) is 3.57. The molecule has 0 saturated heterocycles. The van der Waals surface area contributed by atoms with Crippen molar-refractivity contribution in [3.63, 3.8) is 0 Å². The zero-order valence-electron chi connectivity index (χ0n) is 17.4. The molecule has 6 nitrogen and oxygen atoms in total. The molecule has 1 N–H and O–H groups in total. The molecule has 0 saturated carbocycles. The second-order valence-electron chi connectivity index (χ2n) is 7.49. The predicted molar refractivity (Wildman–Crippen MR) is 115 cm³/mol. The molecule has 3 aromatic carbocycles. The maximum atomic E-state index is 13.5. The smallest absolute Gasteiger partial charge is 0.308 e. The average Bonchev–Trinajstić information content (AvgIpc) is 3.00. The molecule has 31 heavy (non-hydrogen) atoms. The van der Waals surface area contributed by atoms with Gasteiger partial charge in [-0.15, -0.1) is 0 Å². The molecule has 0 radical (unpaired) electrons. The summed E-state index contributed by atoms with van der Waals surface area (Å²) in [6.45, 7) is 4.65. The zero-order valence-corrected chi connectivity index (χ0v) is 17.4. The van der Waals surface area contributed by atoms with Gasteiger partial charge >= 0.3 is 11.9 Å². The molecule has 1 aliphatic rings. The van der Waals surface area contributed by atoms with Crippen molar-refractivity contribution in [2.45, 2.75) is 26.2 Å². The molecule has 4 rings (SSSR count). The summed E-state index contributed by atoms with van der Waals surface area (Å²) >= 11 is 0. The second-order valence-corrected chi connectivity index (χ2v) is 7.49. The molecule has 0 fully saturated rings. The summed E-state index contributed by atoms with van der Waals surface area (Å²) in [5.74, 6) is -0.210. The Hall–Kier alpha value is -3.93. The minimum Gasteiger partial charge on any atom is -0.427 e. The van der Waals surface area contributed by atoms with E-state index in [1.54, 1.807) is 48.5 Å². The Morgan fingerprint density at radius 2 is 1.26 bits per heavy atom. The molecule has 0 unspecified atom stereocenters. The lowest BCUT2D eigenvalue weighted by Crippen LogP contribution is -2.37. The van der Waals surface area contributed by atoms with E-state index in [2.05, 4.69) is 5.32 Å². The summed E-state index contributed by atoms with van der Waals surface area (Å²) in [6, 6.07) is 19.7. The Kier molecular flexibility index (Phi) is 5.07. The number of benzene rings is 3. The van der Waals surface area contributed by atoms with E-state index in [-0.39, 0.29) is 5.91 Å². The molecule has 1 aliphatic heterocycles.